The van der Waals surface area contributed by atoms with Crippen LogP contribution in [0.15, 0.2) is 51.7 Å². The smallest absolute Gasteiger partial charge is 0.314 e. The fourth-order valence-corrected chi connectivity index (χ4v) is 3.82. The third-order valence-electron chi connectivity index (χ3n) is 4.70. The normalized spacial score (nSPS) is 18.9. The van der Waals surface area contributed by atoms with E-state index >= 15 is 0 Å². The molecule has 7 heteroatoms. The molecule has 5 nitrogen and oxygen atoms in total. The Morgan fingerprint density at radius 2 is 2.17 bits per heavy atom. The summed E-state index contributed by atoms with van der Waals surface area (Å²) in [6, 6.07) is 7.37. The molecule has 3 rings (SSSR count). The highest BCUT2D eigenvalue weighted by Crippen LogP contribution is 2.45. The molecule has 1 aromatic heterocycles. The van der Waals surface area contributed by atoms with E-state index < -0.39 is 23.6 Å². The van der Waals surface area contributed by atoms with Crippen molar-refractivity contribution in [3.63, 3.8) is 0 Å². The van der Waals surface area contributed by atoms with Gasteiger partial charge in [0.2, 0.25) is 5.70 Å². The number of halogens is 2. The molecule has 0 saturated heterocycles. The van der Waals surface area contributed by atoms with Crippen molar-refractivity contribution in [3.8, 4) is 0 Å². The molecule has 0 N–H and O–H groups in total. The van der Waals surface area contributed by atoms with Crippen molar-refractivity contribution in [2.24, 2.45) is 10.9 Å². The molecule has 1 aliphatic heterocycles. The summed E-state index contributed by atoms with van der Waals surface area (Å²) in [5.74, 6) is -2.12. The lowest BCUT2D eigenvalue weighted by Gasteiger charge is -2.31. The van der Waals surface area contributed by atoms with E-state index in [2.05, 4.69) is 9.84 Å². The summed E-state index contributed by atoms with van der Waals surface area (Å²) < 4.78 is 24.5. The largest absolute Gasteiger partial charge is 0.466 e. The van der Waals surface area contributed by atoms with E-state index in [1.807, 2.05) is 6.92 Å². The molecule has 1 aromatic carbocycles. The molecule has 0 spiro atoms. The fraction of sp³-hybridized carbons (Fsp3) is 0.318. The van der Waals surface area contributed by atoms with Crippen molar-refractivity contribution in [1.82, 2.24) is 0 Å². The minimum absolute atomic E-state index is 0.141. The van der Waals surface area contributed by atoms with Crippen molar-refractivity contribution >= 4 is 29.0 Å². The Hall–Kier alpha value is -2.91. The Balaban J connectivity index is 2.28. The zero-order valence-corrected chi connectivity index (χ0v) is 16.9. The summed E-state index contributed by atoms with van der Waals surface area (Å²) in [4.78, 5) is 21.3. The number of ether oxygens (including phenoxy) is 1. The maximum atomic E-state index is 13.7. The molecule has 2 heterocycles. The van der Waals surface area contributed by atoms with Gasteiger partial charge in [0.25, 0.3) is 0 Å². The topological polar surface area (TPSA) is 56.2 Å². The average Bonchev–Trinajstić information content (AvgIpc) is 3.22. The summed E-state index contributed by atoms with van der Waals surface area (Å²) in [7, 11) is 0. The highest BCUT2D eigenvalue weighted by molar-refractivity contribution is 6.31. The summed E-state index contributed by atoms with van der Waals surface area (Å²) in [5.41, 5.74) is 1.64. The quantitative estimate of drug-likeness (QED) is 0.438. The number of carbonyl (C=O) groups excluding carboxylic acids is 1. The van der Waals surface area contributed by atoms with Gasteiger partial charge >= 0.3 is 5.97 Å². The number of carbonyl (C=O) groups is 1. The van der Waals surface area contributed by atoms with Gasteiger partial charge in [0, 0.05) is 16.7 Å². The van der Waals surface area contributed by atoms with Crippen molar-refractivity contribution in [2.45, 2.75) is 32.6 Å². The molecule has 29 heavy (non-hydrogen) atoms. The van der Waals surface area contributed by atoms with Crippen LogP contribution in [0, 0.1) is 18.3 Å². The van der Waals surface area contributed by atoms with E-state index in [4.69, 9.17) is 27.3 Å². The van der Waals surface area contributed by atoms with Crippen molar-refractivity contribution < 1.29 is 18.3 Å². The summed E-state index contributed by atoms with van der Waals surface area (Å²) in [6.07, 6.45) is 2.78. The molecule has 150 valence electrons. The Labute approximate surface area is 173 Å². The Kier molecular flexibility index (Phi) is 6.50. The fourth-order valence-electron chi connectivity index (χ4n) is 3.54. The molecule has 2 aromatic rings. The van der Waals surface area contributed by atoms with Crippen molar-refractivity contribution in [1.29, 1.82) is 0 Å². The van der Waals surface area contributed by atoms with Gasteiger partial charge in [-0.25, -0.2) is 9.24 Å². The standard InChI is InChI=1S/C22H20ClFN2O3/c1-4-7-16-19(22(27)28-5-2)18(14-10-9-13(24)12-15(14)23)21(25-3)20(26-16)17-8-6-11-29-17/h6,8-12,18-19H,4-5,7H2,1-2H3. The molecule has 0 saturated carbocycles. The first-order valence-electron chi connectivity index (χ1n) is 9.36. The zero-order chi connectivity index (χ0) is 21.0. The highest BCUT2D eigenvalue weighted by atomic mass is 35.5. The minimum Gasteiger partial charge on any atom is -0.466 e. The van der Waals surface area contributed by atoms with Gasteiger partial charge in [-0.15, -0.1) is 0 Å². The molecule has 1 aliphatic rings. The second-order valence-corrected chi connectivity index (χ2v) is 6.96. The molecule has 0 aliphatic carbocycles. The first-order chi connectivity index (χ1) is 14.0. The molecular formula is C22H20ClFN2O3. The number of benzene rings is 1. The van der Waals surface area contributed by atoms with E-state index in [9.17, 15) is 9.18 Å². The Morgan fingerprint density at radius 1 is 1.38 bits per heavy atom. The van der Waals surface area contributed by atoms with E-state index in [0.717, 1.165) is 6.42 Å². The van der Waals surface area contributed by atoms with Gasteiger partial charge < -0.3 is 9.15 Å². The lowest BCUT2D eigenvalue weighted by Crippen LogP contribution is -2.35. The van der Waals surface area contributed by atoms with Crippen LogP contribution in [0.5, 0.6) is 0 Å². The molecule has 0 radical (unpaired) electrons. The van der Waals surface area contributed by atoms with Gasteiger partial charge in [0.05, 0.1) is 25.4 Å². The molecule has 0 bridgehead atoms. The van der Waals surface area contributed by atoms with Crippen molar-refractivity contribution in [2.75, 3.05) is 6.61 Å². The first-order valence-corrected chi connectivity index (χ1v) is 9.74. The van der Waals surface area contributed by atoms with Gasteiger partial charge in [-0.2, -0.15) is 0 Å². The lowest BCUT2D eigenvalue weighted by molar-refractivity contribution is -0.146. The van der Waals surface area contributed by atoms with Gasteiger partial charge in [0.15, 0.2) is 0 Å². The number of nitrogens with zero attached hydrogens (tertiary/aromatic N) is 2. The Morgan fingerprint density at radius 3 is 2.76 bits per heavy atom. The highest BCUT2D eigenvalue weighted by Gasteiger charge is 2.43. The maximum absolute atomic E-state index is 13.7. The molecule has 0 fully saturated rings. The number of hydrogen-bond acceptors (Lipinski definition) is 4. The van der Waals surface area contributed by atoms with Gasteiger partial charge in [0.1, 0.15) is 17.3 Å². The number of aliphatic imine (C=N–C) groups is 1. The summed E-state index contributed by atoms with van der Waals surface area (Å²) in [5, 5.41) is 0.141. The molecular weight excluding hydrogens is 395 g/mol. The molecule has 0 amide bonds. The maximum Gasteiger partial charge on any atom is 0.314 e. The zero-order valence-electron chi connectivity index (χ0n) is 16.1. The first kappa shape index (κ1) is 20.8. The number of rotatable bonds is 6. The number of esters is 1. The van der Waals surface area contributed by atoms with Crippen LogP contribution in [0.4, 0.5) is 4.39 Å². The summed E-state index contributed by atoms with van der Waals surface area (Å²) >= 11 is 6.35. The predicted octanol–water partition coefficient (Wildman–Crippen LogP) is 5.88. The number of hydrogen-bond donors (Lipinski definition) is 0. The SMILES string of the molecule is [C-]#[N+]C1=C(c2ccco2)N=C(CCC)C(C(=O)OCC)C1c1ccc(F)cc1Cl. The number of furan rings is 1. The number of allylic oxidation sites excluding steroid dienone is 1. The molecule has 2 atom stereocenters. The van der Waals surface area contributed by atoms with Crippen molar-refractivity contribution in [3.05, 3.63) is 75.9 Å². The van der Waals surface area contributed by atoms with Gasteiger partial charge in [-0.1, -0.05) is 31.0 Å². The Bertz CT molecular complexity index is 1010. The van der Waals surface area contributed by atoms with Crippen LogP contribution < -0.4 is 0 Å². The van der Waals surface area contributed by atoms with Crippen LogP contribution in [0.3, 0.4) is 0 Å². The second kappa shape index (κ2) is 9.06. The van der Waals surface area contributed by atoms with E-state index in [1.165, 1.54) is 24.5 Å². The lowest BCUT2D eigenvalue weighted by atomic mass is 9.77. The predicted molar refractivity (Wildman–Crippen MR) is 109 cm³/mol. The van der Waals surface area contributed by atoms with Crippen LogP contribution >= 0.6 is 11.6 Å². The third kappa shape index (κ3) is 4.10. The average molecular weight is 415 g/mol. The van der Waals surface area contributed by atoms with Crippen LogP contribution in [0.1, 0.15) is 43.9 Å². The van der Waals surface area contributed by atoms with Gasteiger partial charge in [-0.05, 0) is 43.2 Å². The summed E-state index contributed by atoms with van der Waals surface area (Å²) in [6.45, 7) is 11.7. The van der Waals surface area contributed by atoms with E-state index in [1.54, 1.807) is 19.1 Å². The third-order valence-corrected chi connectivity index (χ3v) is 5.03. The van der Waals surface area contributed by atoms with Crippen LogP contribution in [-0.2, 0) is 9.53 Å². The second-order valence-electron chi connectivity index (χ2n) is 6.55. The van der Waals surface area contributed by atoms with Gasteiger partial charge in [-0.3, -0.25) is 9.79 Å². The van der Waals surface area contributed by atoms with Crippen LogP contribution in [0.25, 0.3) is 10.5 Å². The monoisotopic (exact) mass is 414 g/mol. The minimum atomic E-state index is -0.819. The molecule has 2 unspecified atom stereocenters. The van der Waals surface area contributed by atoms with E-state index in [0.29, 0.717) is 29.2 Å². The van der Waals surface area contributed by atoms with E-state index in [-0.39, 0.29) is 17.3 Å². The van der Waals surface area contributed by atoms with Crippen LogP contribution in [0.2, 0.25) is 5.02 Å². The van der Waals surface area contributed by atoms with Crippen LogP contribution in [-0.4, -0.2) is 18.3 Å².